The molecule has 0 aliphatic carbocycles. The number of halogens is 1. The van der Waals surface area contributed by atoms with Crippen molar-refractivity contribution < 1.29 is 0 Å². The fraction of sp³-hybridized carbons (Fsp3) is 0.250. The first-order chi connectivity index (χ1) is 12.2. The Balaban J connectivity index is 2.03. The second-order valence-electron chi connectivity index (χ2n) is 6.21. The number of benzene rings is 2. The lowest BCUT2D eigenvalue weighted by Gasteiger charge is -1.99. The molecule has 0 saturated carbocycles. The van der Waals surface area contributed by atoms with Crippen LogP contribution in [-0.2, 0) is 13.5 Å². The van der Waals surface area contributed by atoms with Crippen molar-refractivity contribution in [2.45, 2.75) is 26.2 Å². The summed E-state index contributed by atoms with van der Waals surface area (Å²) in [6.07, 6.45) is 3.47. The average Bonchev–Trinajstić information content (AvgIpc) is 3.13. The van der Waals surface area contributed by atoms with E-state index in [2.05, 4.69) is 47.2 Å². The highest BCUT2D eigenvalue weighted by Crippen LogP contribution is 2.26. The number of hydrogen-bond donors (Lipinski definition) is 0. The number of fused-ring (bicyclic) bond motifs is 3. The van der Waals surface area contributed by atoms with E-state index in [4.69, 9.17) is 16.6 Å². The lowest BCUT2D eigenvalue weighted by atomic mass is 10.2. The summed E-state index contributed by atoms with van der Waals surface area (Å²) in [6, 6.07) is 16.2. The van der Waals surface area contributed by atoms with Crippen LogP contribution in [0, 0.1) is 0 Å². The molecule has 2 heterocycles. The quantitative estimate of drug-likeness (QED) is 0.438. The predicted molar refractivity (Wildman–Crippen MR) is 107 cm³/mol. The maximum atomic E-state index is 6.00. The molecule has 128 valence electrons. The Labute approximate surface area is 155 Å². The van der Waals surface area contributed by atoms with Gasteiger partial charge in [0, 0.05) is 16.9 Å². The maximum absolute atomic E-state index is 6.00. The number of nitrogens with zero attached hydrogens (tertiary/aromatic N) is 3. The molecule has 2 aromatic carbocycles. The van der Waals surface area contributed by atoms with E-state index in [9.17, 15) is 0 Å². The van der Waals surface area contributed by atoms with E-state index < -0.39 is 0 Å². The van der Waals surface area contributed by atoms with Crippen LogP contribution < -0.4 is 4.80 Å². The Hall–Kier alpha value is -2.04. The monoisotopic (exact) mass is 369 g/mol. The van der Waals surface area contributed by atoms with Crippen LogP contribution in [0.1, 0.15) is 24.6 Å². The number of imidazole rings is 1. The molecule has 0 fully saturated rings. The van der Waals surface area contributed by atoms with E-state index in [0.29, 0.717) is 0 Å². The SMILES string of the molecule is CCCCc1sc(=Nc2ccc(Cl)cc2)n2c3ccccc3n(C)c12. The number of rotatable bonds is 4. The molecule has 2 aromatic heterocycles. The number of hydrogen-bond acceptors (Lipinski definition) is 2. The van der Waals surface area contributed by atoms with Crippen LogP contribution in [0.5, 0.6) is 0 Å². The summed E-state index contributed by atoms with van der Waals surface area (Å²) in [7, 11) is 2.14. The zero-order valence-electron chi connectivity index (χ0n) is 14.4. The number of aryl methyl sites for hydroxylation is 2. The maximum Gasteiger partial charge on any atom is 0.196 e. The molecule has 4 aromatic rings. The normalized spacial score (nSPS) is 12.5. The van der Waals surface area contributed by atoms with Crippen LogP contribution in [-0.4, -0.2) is 8.97 Å². The van der Waals surface area contributed by atoms with Gasteiger partial charge in [0.2, 0.25) is 0 Å². The fourth-order valence-corrected chi connectivity index (χ4v) is 4.56. The number of aromatic nitrogens is 2. The third-order valence-electron chi connectivity index (χ3n) is 4.48. The van der Waals surface area contributed by atoms with Gasteiger partial charge in [-0.2, -0.15) is 0 Å². The van der Waals surface area contributed by atoms with Gasteiger partial charge in [-0.1, -0.05) is 48.4 Å². The number of thiazole rings is 1. The van der Waals surface area contributed by atoms with Crippen molar-refractivity contribution in [2.24, 2.45) is 12.0 Å². The third kappa shape index (κ3) is 2.90. The summed E-state index contributed by atoms with van der Waals surface area (Å²) in [6.45, 7) is 2.23. The fourth-order valence-electron chi connectivity index (χ4n) is 3.22. The van der Waals surface area contributed by atoms with E-state index in [1.807, 2.05) is 24.3 Å². The second-order valence-corrected chi connectivity index (χ2v) is 7.70. The minimum absolute atomic E-state index is 0.733. The second kappa shape index (κ2) is 6.70. The van der Waals surface area contributed by atoms with Gasteiger partial charge in [0.15, 0.2) is 4.80 Å². The molecule has 0 amide bonds. The van der Waals surface area contributed by atoms with Crippen molar-refractivity contribution in [1.82, 2.24) is 8.97 Å². The molecule has 0 atom stereocenters. The van der Waals surface area contributed by atoms with Crippen molar-refractivity contribution in [1.29, 1.82) is 0 Å². The molecule has 25 heavy (non-hydrogen) atoms. The van der Waals surface area contributed by atoms with Crippen LogP contribution in [0.15, 0.2) is 53.5 Å². The Morgan fingerprint density at radius 2 is 1.76 bits per heavy atom. The summed E-state index contributed by atoms with van der Waals surface area (Å²) in [5.41, 5.74) is 4.62. The van der Waals surface area contributed by atoms with Gasteiger partial charge >= 0.3 is 0 Å². The molecule has 3 nitrogen and oxygen atoms in total. The summed E-state index contributed by atoms with van der Waals surface area (Å²) in [5.74, 6) is 0. The first-order valence-electron chi connectivity index (χ1n) is 8.57. The van der Waals surface area contributed by atoms with Crippen molar-refractivity contribution in [3.05, 3.63) is 63.2 Å². The first kappa shape index (κ1) is 16.4. The molecule has 4 rings (SSSR count). The van der Waals surface area contributed by atoms with Gasteiger partial charge in [-0.25, -0.2) is 4.99 Å². The largest absolute Gasteiger partial charge is 0.328 e. The molecule has 0 saturated heterocycles. The predicted octanol–water partition coefficient (Wildman–Crippen LogP) is 5.72. The molecule has 0 radical (unpaired) electrons. The molecular formula is C20H20ClN3S. The molecule has 0 aliphatic rings. The molecule has 0 unspecified atom stereocenters. The van der Waals surface area contributed by atoms with Gasteiger partial charge in [-0.05, 0) is 49.2 Å². The zero-order chi connectivity index (χ0) is 17.4. The minimum Gasteiger partial charge on any atom is -0.328 e. The number of para-hydroxylation sites is 2. The van der Waals surface area contributed by atoms with Gasteiger partial charge in [0.25, 0.3) is 0 Å². The van der Waals surface area contributed by atoms with Crippen molar-refractivity contribution >= 4 is 45.3 Å². The summed E-state index contributed by atoms with van der Waals surface area (Å²) >= 11 is 7.79. The minimum atomic E-state index is 0.733. The van der Waals surface area contributed by atoms with Crippen LogP contribution in [0.4, 0.5) is 5.69 Å². The molecule has 0 spiro atoms. The highest BCUT2D eigenvalue weighted by molar-refractivity contribution is 7.09. The molecule has 5 heteroatoms. The number of unbranched alkanes of at least 4 members (excludes halogenated alkanes) is 1. The van der Waals surface area contributed by atoms with Gasteiger partial charge in [0.1, 0.15) is 5.65 Å². The van der Waals surface area contributed by atoms with Crippen LogP contribution >= 0.6 is 22.9 Å². The Bertz CT molecular complexity index is 1100. The van der Waals surface area contributed by atoms with E-state index in [-0.39, 0.29) is 0 Å². The third-order valence-corrected chi connectivity index (χ3v) is 5.82. The van der Waals surface area contributed by atoms with Crippen molar-refractivity contribution in [3.8, 4) is 0 Å². The van der Waals surface area contributed by atoms with Gasteiger partial charge in [-0.3, -0.25) is 4.40 Å². The highest BCUT2D eigenvalue weighted by atomic mass is 35.5. The topological polar surface area (TPSA) is 21.7 Å². The van der Waals surface area contributed by atoms with Crippen LogP contribution in [0.25, 0.3) is 16.7 Å². The van der Waals surface area contributed by atoms with E-state index in [1.54, 1.807) is 11.3 Å². The van der Waals surface area contributed by atoms with Gasteiger partial charge < -0.3 is 4.57 Å². The highest BCUT2D eigenvalue weighted by Gasteiger charge is 2.15. The summed E-state index contributed by atoms with van der Waals surface area (Å²) in [5, 5.41) is 0.733. The Morgan fingerprint density at radius 3 is 2.48 bits per heavy atom. The molecule has 0 bridgehead atoms. The molecule has 0 aliphatic heterocycles. The Kier molecular flexibility index (Phi) is 4.40. The Morgan fingerprint density at radius 1 is 1.04 bits per heavy atom. The first-order valence-corrected chi connectivity index (χ1v) is 9.76. The lowest BCUT2D eigenvalue weighted by molar-refractivity contribution is 0.801. The van der Waals surface area contributed by atoms with Gasteiger partial charge in [-0.15, -0.1) is 0 Å². The van der Waals surface area contributed by atoms with Crippen LogP contribution in [0.3, 0.4) is 0 Å². The van der Waals surface area contributed by atoms with E-state index in [1.165, 1.54) is 34.4 Å². The zero-order valence-corrected chi connectivity index (χ0v) is 15.9. The average molecular weight is 370 g/mol. The molecule has 0 N–H and O–H groups in total. The summed E-state index contributed by atoms with van der Waals surface area (Å²) < 4.78 is 4.58. The lowest BCUT2D eigenvalue weighted by Crippen LogP contribution is -2.04. The molecular weight excluding hydrogens is 350 g/mol. The summed E-state index contributed by atoms with van der Waals surface area (Å²) in [4.78, 5) is 7.32. The van der Waals surface area contributed by atoms with Gasteiger partial charge in [0.05, 0.1) is 16.7 Å². The van der Waals surface area contributed by atoms with Crippen molar-refractivity contribution in [2.75, 3.05) is 0 Å². The smallest absolute Gasteiger partial charge is 0.196 e. The standard InChI is InChI=1S/C20H20ClN3S/c1-3-4-9-18-19-23(2)16-7-5-6-8-17(16)24(19)20(25-18)22-15-12-10-14(21)11-13-15/h5-8,10-13H,3-4,9H2,1-2H3. The van der Waals surface area contributed by atoms with E-state index in [0.717, 1.165) is 21.9 Å². The van der Waals surface area contributed by atoms with E-state index >= 15 is 0 Å². The van der Waals surface area contributed by atoms with Crippen LogP contribution in [0.2, 0.25) is 5.02 Å². The van der Waals surface area contributed by atoms with Crippen molar-refractivity contribution in [3.63, 3.8) is 0 Å².